The Labute approximate surface area is 191 Å². The summed E-state index contributed by atoms with van der Waals surface area (Å²) < 4.78 is 1.38. The van der Waals surface area contributed by atoms with Crippen molar-refractivity contribution in [1.29, 1.82) is 0 Å². The highest BCUT2D eigenvalue weighted by atomic mass is 35.5. The van der Waals surface area contributed by atoms with Gasteiger partial charge in [0.25, 0.3) is 11.2 Å². The molecule has 1 aromatic heterocycles. The molecule has 1 heterocycles. The number of hydrogen-bond acceptors (Lipinski definition) is 6. The second kappa shape index (κ2) is 9.21. The van der Waals surface area contributed by atoms with Gasteiger partial charge in [0, 0.05) is 17.8 Å². The lowest BCUT2D eigenvalue weighted by molar-refractivity contribution is -0.384. The molecule has 0 radical (unpaired) electrons. The van der Waals surface area contributed by atoms with Gasteiger partial charge in [0.15, 0.2) is 5.16 Å². The van der Waals surface area contributed by atoms with E-state index >= 15 is 0 Å². The summed E-state index contributed by atoms with van der Waals surface area (Å²) in [5, 5.41) is 14.7. The van der Waals surface area contributed by atoms with Crippen molar-refractivity contribution in [2.24, 2.45) is 0 Å². The number of nitro benzene ring substituents is 1. The van der Waals surface area contributed by atoms with Crippen LogP contribution in [-0.2, 0) is 4.79 Å². The van der Waals surface area contributed by atoms with E-state index in [9.17, 15) is 19.7 Å². The number of para-hydroxylation sites is 2. The van der Waals surface area contributed by atoms with Gasteiger partial charge in [0.1, 0.15) is 0 Å². The van der Waals surface area contributed by atoms with Crippen LogP contribution in [0.2, 0.25) is 5.02 Å². The molecule has 0 fully saturated rings. The van der Waals surface area contributed by atoms with Crippen LogP contribution in [0.1, 0.15) is 0 Å². The maximum absolute atomic E-state index is 13.2. The standard InChI is InChI=1S/C22H15ClN4O4S/c23-17-9-2-4-11-19(17)26-21(29)16-8-1-3-10-18(16)25-22(26)32-13-20(28)24-14-6-5-7-15(12-14)27(30)31/h1-12H,13H2,(H,24,28). The zero-order valence-corrected chi connectivity index (χ0v) is 18.0. The molecule has 0 spiro atoms. The molecule has 32 heavy (non-hydrogen) atoms. The van der Waals surface area contributed by atoms with Crippen LogP contribution in [0, 0.1) is 10.1 Å². The van der Waals surface area contributed by atoms with Crippen LogP contribution in [0.5, 0.6) is 0 Å². The Balaban J connectivity index is 1.65. The van der Waals surface area contributed by atoms with E-state index in [0.29, 0.717) is 32.5 Å². The molecular formula is C22H15ClN4O4S. The summed E-state index contributed by atoms with van der Waals surface area (Å²) >= 11 is 7.40. The molecule has 0 unspecified atom stereocenters. The Hall–Kier alpha value is -3.69. The Morgan fingerprint density at radius 3 is 2.62 bits per heavy atom. The molecule has 1 amide bonds. The molecule has 0 atom stereocenters. The Bertz CT molecular complexity index is 1410. The molecular weight excluding hydrogens is 452 g/mol. The number of nitro groups is 1. The largest absolute Gasteiger partial charge is 0.325 e. The van der Waals surface area contributed by atoms with Crippen LogP contribution in [0.3, 0.4) is 0 Å². The second-order valence-electron chi connectivity index (χ2n) is 6.65. The predicted molar refractivity (Wildman–Crippen MR) is 125 cm³/mol. The maximum atomic E-state index is 13.2. The quantitative estimate of drug-likeness (QED) is 0.191. The fourth-order valence-corrected chi connectivity index (χ4v) is 4.10. The van der Waals surface area contributed by atoms with Crippen LogP contribution < -0.4 is 10.9 Å². The topological polar surface area (TPSA) is 107 Å². The lowest BCUT2D eigenvalue weighted by Gasteiger charge is -2.14. The predicted octanol–water partition coefficient (Wildman–Crippen LogP) is 4.68. The van der Waals surface area contributed by atoms with Crippen LogP contribution >= 0.6 is 23.4 Å². The summed E-state index contributed by atoms with van der Waals surface area (Å²) in [7, 11) is 0. The molecule has 0 saturated heterocycles. The van der Waals surface area contributed by atoms with E-state index in [4.69, 9.17) is 11.6 Å². The van der Waals surface area contributed by atoms with E-state index in [-0.39, 0.29) is 17.0 Å². The number of anilines is 1. The molecule has 4 aromatic rings. The number of nitrogens with one attached hydrogen (secondary N) is 1. The van der Waals surface area contributed by atoms with Crippen LogP contribution in [-0.4, -0.2) is 26.1 Å². The van der Waals surface area contributed by atoms with E-state index < -0.39 is 10.8 Å². The smallest absolute Gasteiger partial charge is 0.271 e. The number of thioether (sulfide) groups is 1. The van der Waals surface area contributed by atoms with Gasteiger partial charge >= 0.3 is 0 Å². The average Bonchev–Trinajstić information content (AvgIpc) is 2.79. The first kappa shape index (κ1) is 21.5. The second-order valence-corrected chi connectivity index (χ2v) is 8.00. The van der Waals surface area contributed by atoms with E-state index in [1.807, 2.05) is 0 Å². The van der Waals surface area contributed by atoms with Gasteiger partial charge in [-0.2, -0.15) is 0 Å². The summed E-state index contributed by atoms with van der Waals surface area (Å²) in [4.78, 5) is 40.7. The van der Waals surface area contributed by atoms with Crippen LogP contribution in [0.25, 0.3) is 16.6 Å². The van der Waals surface area contributed by atoms with Crippen LogP contribution in [0.15, 0.2) is 82.7 Å². The summed E-state index contributed by atoms with van der Waals surface area (Å²) in [5.74, 6) is -0.471. The Morgan fingerprint density at radius 2 is 1.84 bits per heavy atom. The molecule has 8 nitrogen and oxygen atoms in total. The van der Waals surface area contributed by atoms with Crippen molar-refractivity contribution in [3.8, 4) is 5.69 Å². The molecule has 0 saturated carbocycles. The molecule has 1 N–H and O–H groups in total. The first-order valence-electron chi connectivity index (χ1n) is 9.38. The number of carbonyl (C=O) groups excluding carboxylic acids is 1. The first-order chi connectivity index (χ1) is 15.4. The number of halogens is 1. The van der Waals surface area contributed by atoms with E-state index in [0.717, 1.165) is 11.8 Å². The number of aromatic nitrogens is 2. The fourth-order valence-electron chi connectivity index (χ4n) is 3.08. The zero-order valence-electron chi connectivity index (χ0n) is 16.4. The number of fused-ring (bicyclic) bond motifs is 1. The van der Waals surface area contributed by atoms with Crippen molar-refractivity contribution in [2.45, 2.75) is 5.16 Å². The van der Waals surface area contributed by atoms with Gasteiger partial charge in [-0.3, -0.25) is 24.3 Å². The third-order valence-corrected chi connectivity index (χ3v) is 5.77. The number of hydrogen-bond donors (Lipinski definition) is 1. The van der Waals surface area contributed by atoms with Crippen molar-refractivity contribution in [2.75, 3.05) is 11.1 Å². The highest BCUT2D eigenvalue weighted by molar-refractivity contribution is 7.99. The highest BCUT2D eigenvalue weighted by Crippen LogP contribution is 2.26. The Kier molecular flexibility index (Phi) is 6.20. The monoisotopic (exact) mass is 466 g/mol. The third kappa shape index (κ3) is 4.48. The van der Waals surface area contributed by atoms with Crippen molar-refractivity contribution in [1.82, 2.24) is 9.55 Å². The summed E-state index contributed by atoms with van der Waals surface area (Å²) in [5.41, 5.74) is 0.839. The van der Waals surface area contributed by atoms with Gasteiger partial charge in [-0.15, -0.1) is 0 Å². The molecule has 0 aliphatic heterocycles. The van der Waals surface area contributed by atoms with Crippen molar-refractivity contribution >= 4 is 51.5 Å². The Morgan fingerprint density at radius 1 is 1.09 bits per heavy atom. The molecule has 10 heteroatoms. The van der Waals surface area contributed by atoms with E-state index in [1.165, 1.54) is 22.8 Å². The number of rotatable bonds is 6. The van der Waals surface area contributed by atoms with Crippen molar-refractivity contribution in [3.05, 3.63) is 98.3 Å². The van der Waals surface area contributed by atoms with Gasteiger partial charge in [-0.05, 0) is 30.3 Å². The van der Waals surface area contributed by atoms with Gasteiger partial charge < -0.3 is 5.32 Å². The lowest BCUT2D eigenvalue weighted by atomic mass is 10.2. The minimum Gasteiger partial charge on any atom is -0.325 e. The SMILES string of the molecule is O=C(CSc1nc2ccccc2c(=O)n1-c1ccccc1Cl)Nc1cccc([N+](=O)[O-])c1. The highest BCUT2D eigenvalue weighted by Gasteiger charge is 2.17. The normalized spacial score (nSPS) is 10.8. The van der Waals surface area contributed by atoms with Crippen molar-refractivity contribution < 1.29 is 9.72 Å². The van der Waals surface area contributed by atoms with Gasteiger partial charge in [0.05, 0.1) is 32.3 Å². The summed E-state index contributed by atoms with van der Waals surface area (Å²) in [6.07, 6.45) is 0. The van der Waals surface area contributed by atoms with Crippen LogP contribution in [0.4, 0.5) is 11.4 Å². The molecule has 4 rings (SSSR count). The minimum absolute atomic E-state index is 0.0715. The molecule has 0 bridgehead atoms. The molecule has 160 valence electrons. The maximum Gasteiger partial charge on any atom is 0.271 e. The van der Waals surface area contributed by atoms with Gasteiger partial charge in [-0.1, -0.05) is 53.7 Å². The number of amides is 1. The zero-order chi connectivity index (χ0) is 22.7. The van der Waals surface area contributed by atoms with E-state index in [2.05, 4.69) is 10.3 Å². The molecule has 0 aliphatic rings. The number of carbonyl (C=O) groups is 1. The fraction of sp³-hybridized carbons (Fsp3) is 0.0455. The molecule has 0 aliphatic carbocycles. The minimum atomic E-state index is -0.536. The number of non-ortho nitro benzene ring substituents is 1. The summed E-state index contributed by atoms with van der Waals surface area (Å²) in [6, 6.07) is 19.5. The van der Waals surface area contributed by atoms with Crippen molar-refractivity contribution in [3.63, 3.8) is 0 Å². The van der Waals surface area contributed by atoms with E-state index in [1.54, 1.807) is 54.6 Å². The third-order valence-electron chi connectivity index (χ3n) is 4.51. The summed E-state index contributed by atoms with van der Waals surface area (Å²) in [6.45, 7) is 0. The lowest BCUT2D eigenvalue weighted by Crippen LogP contribution is -2.23. The number of benzene rings is 3. The number of nitrogens with zero attached hydrogens (tertiary/aromatic N) is 3. The van der Waals surface area contributed by atoms with Gasteiger partial charge in [0.2, 0.25) is 5.91 Å². The first-order valence-corrected chi connectivity index (χ1v) is 10.7. The van der Waals surface area contributed by atoms with Gasteiger partial charge in [-0.25, -0.2) is 4.98 Å². The average molecular weight is 467 g/mol. The molecule has 3 aromatic carbocycles.